The van der Waals surface area contributed by atoms with Crippen LogP contribution in [-0.4, -0.2) is 58.6 Å². The third-order valence-electron chi connectivity index (χ3n) is 10.0. The van der Waals surface area contributed by atoms with E-state index in [1.54, 1.807) is 37.3 Å². The lowest BCUT2D eigenvalue weighted by Gasteiger charge is -2.43. The fourth-order valence-electron chi connectivity index (χ4n) is 5.17. The van der Waals surface area contributed by atoms with Crippen molar-refractivity contribution in [1.82, 2.24) is 9.13 Å². The summed E-state index contributed by atoms with van der Waals surface area (Å²) in [5.74, 6) is 0. The molecule has 0 radical (unpaired) electrons. The van der Waals surface area contributed by atoms with Crippen LogP contribution in [0.15, 0.2) is 51.8 Å². The fraction of sp³-hybridized carbons (Fsp3) is 0.613. The molecule has 250 valence electrons. The summed E-state index contributed by atoms with van der Waals surface area (Å²) in [7, 11) is -8.19. The van der Waals surface area contributed by atoms with Crippen LogP contribution in [0.2, 0.25) is 36.3 Å². The van der Waals surface area contributed by atoms with E-state index in [9.17, 15) is 18.0 Å². The van der Waals surface area contributed by atoms with Crippen LogP contribution in [0.1, 0.15) is 58.9 Å². The molecule has 2 aromatic rings. The second-order valence-electron chi connectivity index (χ2n) is 15.2. The van der Waals surface area contributed by atoms with Crippen molar-refractivity contribution >= 4 is 31.7 Å². The zero-order valence-corrected chi connectivity index (χ0v) is 31.4. The van der Waals surface area contributed by atoms with Crippen LogP contribution in [0.25, 0.3) is 4.91 Å². The minimum absolute atomic E-state index is 0.0673. The molecule has 4 rings (SSSR count). The molecule has 2 N–H and O–H groups in total. The normalized spacial score (nSPS) is 25.8. The Labute approximate surface area is 268 Å². The first kappa shape index (κ1) is 35.5. The molecular formula is C31H49N3O8SSi2. The average Bonchev–Trinajstić information content (AvgIpc) is 3.31. The number of benzene rings is 1. The van der Waals surface area contributed by atoms with Crippen LogP contribution in [0.4, 0.5) is 0 Å². The van der Waals surface area contributed by atoms with Gasteiger partial charge in [-0.1, -0.05) is 71.9 Å². The molecule has 0 aliphatic carbocycles. The first-order valence-corrected chi connectivity index (χ1v) is 22.4. The number of ether oxygens (including phenoxy) is 1. The number of nitrogens with two attached hydrogens (primary N) is 1. The van der Waals surface area contributed by atoms with E-state index in [1.165, 1.54) is 17.8 Å². The molecule has 11 nitrogen and oxygen atoms in total. The Balaban J connectivity index is 2.05. The quantitative estimate of drug-likeness (QED) is 0.329. The Morgan fingerprint density at radius 3 is 2.07 bits per heavy atom. The molecule has 0 amide bonds. The highest BCUT2D eigenvalue weighted by molar-refractivity contribution is 7.96. The molecule has 1 spiro atoms. The van der Waals surface area contributed by atoms with Crippen molar-refractivity contribution in [3.8, 4) is 0 Å². The standard InChI is InChI=1S/C31H49N3O8SSi2/c1-20-18-34(28(36)33(8)26(20)35)27-25(41-45(11,12)30(5,6)7)31(22(40-27)19-39-44(9,10)29(2,3)4)24(32)23(43(37,38)42-31)21-16-14-13-15-17-21/h13-18,22,25,27H,19,32H2,1-12H3/t22?,25-,27+,31?/m0/s1. The molecule has 14 heteroatoms. The van der Waals surface area contributed by atoms with Gasteiger partial charge in [-0.05, 0) is 48.8 Å². The Hall–Kier alpha value is -2.34. The highest BCUT2D eigenvalue weighted by atomic mass is 32.2. The SMILES string of the molecule is Cc1cn([C@@H]2OC(CO[Si](C)(C)C(C)(C)C)C3(OS(=O)(=O)C(c4ccccc4)=C3N)[C@H]2O[Si](C)(C)C(C)(C)C)c(=O)n(C)c1=O. The topological polar surface area (TPSA) is 141 Å². The lowest BCUT2D eigenvalue weighted by atomic mass is 9.87. The van der Waals surface area contributed by atoms with Gasteiger partial charge in [0.15, 0.2) is 28.5 Å². The maximum absolute atomic E-state index is 14.0. The van der Waals surface area contributed by atoms with Gasteiger partial charge in [-0.3, -0.25) is 13.9 Å². The van der Waals surface area contributed by atoms with Crippen LogP contribution >= 0.6 is 0 Å². The summed E-state index contributed by atoms with van der Waals surface area (Å²) in [6, 6.07) is 8.53. The van der Waals surface area contributed by atoms with Gasteiger partial charge in [-0.15, -0.1) is 0 Å². The van der Waals surface area contributed by atoms with E-state index >= 15 is 0 Å². The van der Waals surface area contributed by atoms with Gasteiger partial charge in [0.1, 0.15) is 17.1 Å². The first-order valence-electron chi connectivity index (χ1n) is 15.2. The Kier molecular flexibility index (Phi) is 9.01. The Bertz CT molecular complexity index is 1720. The second kappa shape index (κ2) is 11.4. The lowest BCUT2D eigenvalue weighted by molar-refractivity contribution is -0.0566. The first-order chi connectivity index (χ1) is 20.4. The van der Waals surface area contributed by atoms with Gasteiger partial charge in [0.2, 0.25) is 0 Å². The van der Waals surface area contributed by atoms with Gasteiger partial charge >= 0.3 is 15.8 Å². The summed E-state index contributed by atoms with van der Waals surface area (Å²) in [5.41, 5.74) is 4.58. The van der Waals surface area contributed by atoms with Crippen molar-refractivity contribution < 1.29 is 26.2 Å². The number of hydrogen-bond acceptors (Lipinski definition) is 9. The summed E-state index contributed by atoms with van der Waals surface area (Å²) in [5, 5.41) is -0.489. The Morgan fingerprint density at radius 2 is 1.53 bits per heavy atom. The lowest BCUT2D eigenvalue weighted by Crippen LogP contribution is -2.59. The maximum atomic E-state index is 14.0. The second-order valence-corrected chi connectivity index (χ2v) is 26.2. The van der Waals surface area contributed by atoms with Crippen molar-refractivity contribution in [3.05, 3.63) is 74.2 Å². The van der Waals surface area contributed by atoms with Gasteiger partial charge in [0.05, 0.1) is 12.3 Å². The van der Waals surface area contributed by atoms with Crippen molar-refractivity contribution in [2.24, 2.45) is 12.8 Å². The monoisotopic (exact) mass is 679 g/mol. The van der Waals surface area contributed by atoms with Crippen LogP contribution in [0.5, 0.6) is 0 Å². The van der Waals surface area contributed by atoms with E-state index in [-0.39, 0.29) is 27.3 Å². The summed E-state index contributed by atoms with van der Waals surface area (Å²) in [6.45, 7) is 22.2. The number of rotatable bonds is 7. The predicted molar refractivity (Wildman–Crippen MR) is 180 cm³/mol. The number of aryl methyl sites for hydroxylation is 1. The molecule has 45 heavy (non-hydrogen) atoms. The third-order valence-corrected chi connectivity index (χ3v) is 20.5. The molecule has 2 aliphatic rings. The highest BCUT2D eigenvalue weighted by Crippen LogP contribution is 2.55. The maximum Gasteiger partial charge on any atom is 0.332 e. The van der Waals surface area contributed by atoms with E-state index in [1.807, 2.05) is 13.1 Å². The van der Waals surface area contributed by atoms with E-state index in [0.29, 0.717) is 11.1 Å². The zero-order chi connectivity index (χ0) is 34.1. The van der Waals surface area contributed by atoms with E-state index in [2.05, 4.69) is 54.6 Å². The van der Waals surface area contributed by atoms with Gasteiger partial charge < -0.3 is 19.3 Å². The fourth-order valence-corrected chi connectivity index (χ4v) is 9.05. The van der Waals surface area contributed by atoms with Gasteiger partial charge in [-0.25, -0.2) is 8.98 Å². The average molecular weight is 680 g/mol. The summed E-state index contributed by atoms with van der Waals surface area (Å²) < 4.78 is 56.8. The zero-order valence-electron chi connectivity index (χ0n) is 28.5. The highest BCUT2D eigenvalue weighted by Gasteiger charge is 2.69. The molecule has 0 saturated carbocycles. The molecule has 4 atom stereocenters. The van der Waals surface area contributed by atoms with Gasteiger partial charge in [0.25, 0.3) is 5.56 Å². The van der Waals surface area contributed by atoms with Crippen LogP contribution in [-0.2, 0) is 34.9 Å². The van der Waals surface area contributed by atoms with Crippen molar-refractivity contribution in [2.75, 3.05) is 6.61 Å². The smallest absolute Gasteiger partial charge is 0.332 e. The van der Waals surface area contributed by atoms with Crippen LogP contribution in [0.3, 0.4) is 0 Å². The van der Waals surface area contributed by atoms with Crippen molar-refractivity contribution in [3.63, 3.8) is 0 Å². The molecule has 1 aromatic carbocycles. The third kappa shape index (κ3) is 5.98. The molecule has 1 fully saturated rings. The number of nitrogens with zero attached hydrogens (tertiary/aromatic N) is 2. The molecule has 2 unspecified atom stereocenters. The van der Waals surface area contributed by atoms with Crippen molar-refractivity contribution in [2.45, 2.75) is 109 Å². The minimum atomic E-state index is -4.44. The van der Waals surface area contributed by atoms with E-state index in [4.69, 9.17) is 23.5 Å². The minimum Gasteiger partial charge on any atom is -0.414 e. The van der Waals surface area contributed by atoms with E-state index in [0.717, 1.165) is 4.57 Å². The van der Waals surface area contributed by atoms with Gasteiger partial charge in [0, 0.05) is 18.8 Å². The molecule has 3 heterocycles. The molecule has 0 bridgehead atoms. The molecular weight excluding hydrogens is 631 g/mol. The molecule has 2 aliphatic heterocycles. The summed E-state index contributed by atoms with van der Waals surface area (Å²) >= 11 is 0. The van der Waals surface area contributed by atoms with Crippen molar-refractivity contribution in [1.29, 1.82) is 0 Å². The molecule has 1 saturated heterocycles. The van der Waals surface area contributed by atoms with Crippen LogP contribution in [0, 0.1) is 6.92 Å². The largest absolute Gasteiger partial charge is 0.414 e. The summed E-state index contributed by atoms with van der Waals surface area (Å²) in [4.78, 5) is 26.2. The number of aromatic nitrogens is 2. The predicted octanol–water partition coefficient (Wildman–Crippen LogP) is 4.59. The Morgan fingerprint density at radius 1 is 0.978 bits per heavy atom. The van der Waals surface area contributed by atoms with Gasteiger partial charge in [-0.2, -0.15) is 8.42 Å². The summed E-state index contributed by atoms with van der Waals surface area (Å²) in [6.07, 6.45) is -2.07. The van der Waals surface area contributed by atoms with E-state index < -0.39 is 62.0 Å². The molecule has 1 aromatic heterocycles. The van der Waals surface area contributed by atoms with Crippen LogP contribution < -0.4 is 17.0 Å². The number of hydrogen-bond donors (Lipinski definition) is 1.